The molecule has 2 N–H and O–H groups in total. The molecule has 0 bridgehead atoms. The molecule has 4 heteroatoms. The molecule has 0 aliphatic carbocycles. The third-order valence-electron chi connectivity index (χ3n) is 4.87. The fourth-order valence-electron chi connectivity index (χ4n) is 3.21. The van der Waals surface area contributed by atoms with Gasteiger partial charge in [-0.25, -0.2) is 0 Å². The predicted molar refractivity (Wildman–Crippen MR) is 110 cm³/mol. The average Bonchev–Trinajstić information content (AvgIpc) is 2.66. The van der Waals surface area contributed by atoms with E-state index < -0.39 is 5.97 Å². The van der Waals surface area contributed by atoms with Crippen molar-refractivity contribution < 1.29 is 19.7 Å². The van der Waals surface area contributed by atoms with Crippen LogP contribution in [0.4, 0.5) is 0 Å². The van der Waals surface area contributed by atoms with Gasteiger partial charge in [-0.3, -0.25) is 4.79 Å². The van der Waals surface area contributed by atoms with Crippen LogP contribution in [0.3, 0.4) is 0 Å². The number of aliphatic carboxylic acids is 1. The molecule has 0 saturated carbocycles. The van der Waals surface area contributed by atoms with Gasteiger partial charge in [-0.1, -0.05) is 81.7 Å². The molecule has 4 nitrogen and oxygen atoms in total. The number of benzene rings is 1. The van der Waals surface area contributed by atoms with E-state index in [-0.39, 0.29) is 12.5 Å². The second kappa shape index (κ2) is 16.8. The normalized spacial score (nSPS) is 12.2. The SMILES string of the molecule is O=C(O)CCCCCCCC(O)CCCCCCCOCc1ccccc1. The first-order chi connectivity index (χ1) is 13.2. The van der Waals surface area contributed by atoms with E-state index in [1.807, 2.05) is 18.2 Å². The molecule has 1 aromatic rings. The van der Waals surface area contributed by atoms with E-state index >= 15 is 0 Å². The van der Waals surface area contributed by atoms with E-state index in [4.69, 9.17) is 9.84 Å². The lowest BCUT2D eigenvalue weighted by molar-refractivity contribution is -0.137. The van der Waals surface area contributed by atoms with Gasteiger partial charge in [0.05, 0.1) is 12.7 Å². The van der Waals surface area contributed by atoms with Crippen molar-refractivity contribution in [3.8, 4) is 0 Å². The van der Waals surface area contributed by atoms with E-state index in [1.54, 1.807) is 0 Å². The van der Waals surface area contributed by atoms with Crippen LogP contribution < -0.4 is 0 Å². The molecule has 154 valence electrons. The summed E-state index contributed by atoms with van der Waals surface area (Å²) in [4.78, 5) is 10.4. The van der Waals surface area contributed by atoms with Gasteiger partial charge in [-0.2, -0.15) is 0 Å². The molecular weight excluding hydrogens is 340 g/mol. The summed E-state index contributed by atoms with van der Waals surface area (Å²) in [6.07, 6.45) is 12.7. The average molecular weight is 379 g/mol. The van der Waals surface area contributed by atoms with E-state index in [0.717, 1.165) is 64.4 Å². The Morgan fingerprint density at radius 3 is 2.00 bits per heavy atom. The number of ether oxygens (including phenoxy) is 1. The van der Waals surface area contributed by atoms with Crippen LogP contribution in [0.5, 0.6) is 0 Å². The van der Waals surface area contributed by atoms with Gasteiger partial charge in [-0.15, -0.1) is 0 Å². The topological polar surface area (TPSA) is 66.8 Å². The van der Waals surface area contributed by atoms with E-state index in [9.17, 15) is 9.90 Å². The van der Waals surface area contributed by atoms with E-state index in [1.165, 1.54) is 24.8 Å². The molecule has 1 atom stereocenters. The Hall–Kier alpha value is -1.39. The molecule has 0 aliphatic rings. The maximum absolute atomic E-state index is 10.4. The van der Waals surface area contributed by atoms with Gasteiger partial charge in [0.2, 0.25) is 0 Å². The van der Waals surface area contributed by atoms with Crippen LogP contribution in [-0.2, 0) is 16.1 Å². The Labute approximate surface area is 164 Å². The molecule has 1 rings (SSSR count). The number of hydrogen-bond acceptors (Lipinski definition) is 3. The van der Waals surface area contributed by atoms with Crippen molar-refractivity contribution in [3.05, 3.63) is 35.9 Å². The Bertz CT molecular complexity index is 461. The number of carbonyl (C=O) groups is 1. The van der Waals surface area contributed by atoms with Crippen LogP contribution in [0.2, 0.25) is 0 Å². The van der Waals surface area contributed by atoms with E-state index in [2.05, 4.69) is 12.1 Å². The number of hydrogen-bond donors (Lipinski definition) is 2. The van der Waals surface area contributed by atoms with Crippen molar-refractivity contribution in [2.24, 2.45) is 0 Å². The van der Waals surface area contributed by atoms with Gasteiger partial charge in [0.15, 0.2) is 0 Å². The first-order valence-electron chi connectivity index (χ1n) is 10.7. The van der Waals surface area contributed by atoms with Crippen molar-refractivity contribution in [1.82, 2.24) is 0 Å². The van der Waals surface area contributed by atoms with Crippen molar-refractivity contribution in [1.29, 1.82) is 0 Å². The molecule has 0 fully saturated rings. The standard InChI is InChI=1S/C23H38O4/c24-22(16-10-3-1-5-12-18-23(25)26)17-11-4-2-6-13-19-27-20-21-14-8-7-9-15-21/h7-9,14-15,22,24H,1-6,10-13,16-20H2,(H,25,26). The first kappa shape index (κ1) is 23.6. The highest BCUT2D eigenvalue weighted by atomic mass is 16.5. The van der Waals surface area contributed by atoms with Crippen LogP contribution in [0.15, 0.2) is 30.3 Å². The lowest BCUT2D eigenvalue weighted by Gasteiger charge is -2.10. The summed E-state index contributed by atoms with van der Waals surface area (Å²) >= 11 is 0. The molecule has 0 aromatic heterocycles. The zero-order valence-electron chi connectivity index (χ0n) is 16.8. The zero-order chi connectivity index (χ0) is 19.6. The van der Waals surface area contributed by atoms with Crippen LogP contribution in [0, 0.1) is 0 Å². The highest BCUT2D eigenvalue weighted by Crippen LogP contribution is 2.14. The summed E-state index contributed by atoms with van der Waals surface area (Å²) in [6, 6.07) is 10.3. The van der Waals surface area contributed by atoms with E-state index in [0.29, 0.717) is 6.61 Å². The van der Waals surface area contributed by atoms with Crippen LogP contribution in [-0.4, -0.2) is 28.9 Å². The number of unbranched alkanes of at least 4 members (excludes halogenated alkanes) is 8. The largest absolute Gasteiger partial charge is 0.481 e. The minimum absolute atomic E-state index is 0.168. The minimum atomic E-state index is -0.704. The minimum Gasteiger partial charge on any atom is -0.481 e. The van der Waals surface area contributed by atoms with Crippen molar-refractivity contribution in [3.63, 3.8) is 0 Å². The van der Waals surface area contributed by atoms with Gasteiger partial charge >= 0.3 is 5.97 Å². The highest BCUT2D eigenvalue weighted by molar-refractivity contribution is 5.66. The van der Waals surface area contributed by atoms with Crippen molar-refractivity contribution in [2.45, 2.75) is 96.2 Å². The summed E-state index contributed by atoms with van der Waals surface area (Å²) in [5, 5.41) is 18.6. The Morgan fingerprint density at radius 2 is 1.37 bits per heavy atom. The molecule has 0 radical (unpaired) electrons. The lowest BCUT2D eigenvalue weighted by atomic mass is 10.0. The Kier molecular flexibility index (Phi) is 14.7. The number of carboxylic acid groups (broad SMARTS) is 1. The monoisotopic (exact) mass is 378 g/mol. The fraction of sp³-hybridized carbons (Fsp3) is 0.696. The highest BCUT2D eigenvalue weighted by Gasteiger charge is 2.04. The first-order valence-corrected chi connectivity index (χ1v) is 10.7. The molecule has 0 amide bonds. The molecule has 1 aromatic carbocycles. The third kappa shape index (κ3) is 15.4. The summed E-state index contributed by atoms with van der Waals surface area (Å²) in [6.45, 7) is 1.52. The number of rotatable bonds is 18. The summed E-state index contributed by atoms with van der Waals surface area (Å²) in [5.74, 6) is -0.704. The third-order valence-corrected chi connectivity index (χ3v) is 4.87. The van der Waals surface area contributed by atoms with Crippen molar-refractivity contribution in [2.75, 3.05) is 6.61 Å². The van der Waals surface area contributed by atoms with Crippen molar-refractivity contribution >= 4 is 5.97 Å². The van der Waals surface area contributed by atoms with Gasteiger partial charge < -0.3 is 14.9 Å². The smallest absolute Gasteiger partial charge is 0.303 e. The lowest BCUT2D eigenvalue weighted by Crippen LogP contribution is -2.06. The van der Waals surface area contributed by atoms with Crippen LogP contribution in [0.1, 0.15) is 89.0 Å². The van der Waals surface area contributed by atoms with Gasteiger partial charge in [-0.05, 0) is 31.2 Å². The fourth-order valence-corrected chi connectivity index (χ4v) is 3.21. The number of carboxylic acids is 1. The van der Waals surface area contributed by atoms with Crippen LogP contribution >= 0.6 is 0 Å². The van der Waals surface area contributed by atoms with Gasteiger partial charge in [0, 0.05) is 13.0 Å². The summed E-state index contributed by atoms with van der Waals surface area (Å²) in [7, 11) is 0. The van der Waals surface area contributed by atoms with Crippen LogP contribution in [0.25, 0.3) is 0 Å². The quantitative estimate of drug-likeness (QED) is 0.321. The molecule has 1 unspecified atom stereocenters. The molecule has 0 heterocycles. The molecule has 0 aliphatic heterocycles. The maximum atomic E-state index is 10.4. The van der Waals surface area contributed by atoms with Gasteiger partial charge in [0.25, 0.3) is 0 Å². The Balaban J connectivity index is 1.79. The Morgan fingerprint density at radius 1 is 0.815 bits per heavy atom. The molecule has 0 saturated heterocycles. The molecular formula is C23H38O4. The number of aliphatic hydroxyl groups excluding tert-OH is 1. The maximum Gasteiger partial charge on any atom is 0.303 e. The second-order valence-corrected chi connectivity index (χ2v) is 7.45. The predicted octanol–water partition coefficient (Wildman–Crippen LogP) is 5.72. The number of aliphatic hydroxyl groups is 1. The molecule has 27 heavy (non-hydrogen) atoms. The zero-order valence-corrected chi connectivity index (χ0v) is 16.8. The summed E-state index contributed by atoms with van der Waals surface area (Å²) in [5.41, 5.74) is 1.23. The summed E-state index contributed by atoms with van der Waals surface area (Å²) < 4.78 is 5.69. The molecule has 0 spiro atoms. The second-order valence-electron chi connectivity index (χ2n) is 7.45. The van der Waals surface area contributed by atoms with Gasteiger partial charge in [0.1, 0.15) is 0 Å².